The number of hydrogen-bond acceptors (Lipinski definition) is 4. The third kappa shape index (κ3) is 17.6. The van der Waals surface area contributed by atoms with Crippen LogP contribution in [0, 0.1) is 0 Å². The van der Waals surface area contributed by atoms with E-state index in [-0.39, 0.29) is 24.5 Å². The van der Waals surface area contributed by atoms with Crippen molar-refractivity contribution in [3.05, 3.63) is 18.7 Å². The lowest BCUT2D eigenvalue weighted by Gasteiger charge is -2.19. The maximum Gasteiger partial charge on any atom is 0.305 e. The van der Waals surface area contributed by atoms with E-state index in [1.54, 1.807) is 12.5 Å². The second kappa shape index (κ2) is 21.7. The van der Waals surface area contributed by atoms with Crippen molar-refractivity contribution in [2.24, 2.45) is 0 Å². The van der Waals surface area contributed by atoms with Crippen molar-refractivity contribution in [3.8, 4) is 0 Å². The molecule has 6 nitrogen and oxygen atoms in total. The smallest absolute Gasteiger partial charge is 0.305 e. The van der Waals surface area contributed by atoms with Gasteiger partial charge in [0.1, 0.15) is 6.61 Å². The molecular weight excluding hydrogens is 426 g/mol. The van der Waals surface area contributed by atoms with Gasteiger partial charge in [0.2, 0.25) is 5.91 Å². The maximum atomic E-state index is 12.4. The molecule has 0 bridgehead atoms. The number of carbonyl (C=O) groups is 2. The molecule has 1 aromatic heterocycles. The van der Waals surface area contributed by atoms with E-state index in [0.29, 0.717) is 19.4 Å². The van der Waals surface area contributed by atoms with Crippen LogP contribution in [0.15, 0.2) is 18.7 Å². The van der Waals surface area contributed by atoms with Crippen molar-refractivity contribution in [2.45, 2.75) is 142 Å². The van der Waals surface area contributed by atoms with E-state index in [4.69, 9.17) is 4.74 Å². The molecule has 6 heteroatoms. The first-order valence-corrected chi connectivity index (χ1v) is 14.1. The fourth-order valence-corrected chi connectivity index (χ4v) is 4.22. The van der Waals surface area contributed by atoms with E-state index in [2.05, 4.69) is 17.2 Å². The molecule has 1 heterocycles. The molecule has 1 rings (SSSR count). The largest absolute Gasteiger partial charge is 0.463 e. The topological polar surface area (TPSA) is 73.2 Å². The normalized spacial score (nSPS) is 11.9. The first kappa shape index (κ1) is 30.2. The first-order valence-electron chi connectivity index (χ1n) is 14.1. The summed E-state index contributed by atoms with van der Waals surface area (Å²) in [6.45, 7) is 4.96. The van der Waals surface area contributed by atoms with Crippen LogP contribution in [0.25, 0.3) is 0 Å². The zero-order valence-electron chi connectivity index (χ0n) is 22.1. The van der Waals surface area contributed by atoms with Crippen LogP contribution in [0.4, 0.5) is 0 Å². The number of nitrogens with one attached hydrogen (secondary N) is 1. The monoisotopic (exact) mass is 477 g/mol. The summed E-state index contributed by atoms with van der Waals surface area (Å²) in [6.07, 6.45) is 26.7. The number of ether oxygens (including phenoxy) is 1. The molecule has 0 radical (unpaired) electrons. The molecule has 1 aromatic rings. The number of unbranched alkanes of at least 4 members (excludes halogenated alkanes) is 14. The van der Waals surface area contributed by atoms with E-state index >= 15 is 0 Å². The van der Waals surface area contributed by atoms with E-state index in [1.807, 2.05) is 17.7 Å². The summed E-state index contributed by atoms with van der Waals surface area (Å²) in [5.41, 5.74) is 0. The molecular formula is C28H51N3O3. The third-order valence-electron chi connectivity index (χ3n) is 6.26. The Morgan fingerprint density at radius 1 is 0.794 bits per heavy atom. The molecule has 0 aliphatic carbocycles. The van der Waals surface area contributed by atoms with Crippen molar-refractivity contribution in [1.29, 1.82) is 0 Å². The minimum absolute atomic E-state index is 0.0337. The first-order chi connectivity index (χ1) is 16.7. The molecule has 0 unspecified atom stereocenters. The Balaban J connectivity index is 2.03. The fourth-order valence-electron chi connectivity index (χ4n) is 4.22. The van der Waals surface area contributed by atoms with Gasteiger partial charge in [-0.05, 0) is 12.8 Å². The van der Waals surface area contributed by atoms with Crippen LogP contribution < -0.4 is 5.32 Å². The molecule has 196 valence electrons. The number of amides is 1. The molecule has 1 atom stereocenters. The van der Waals surface area contributed by atoms with E-state index in [1.165, 1.54) is 83.5 Å². The Kier molecular flexibility index (Phi) is 19.2. The van der Waals surface area contributed by atoms with Gasteiger partial charge in [0.25, 0.3) is 0 Å². The summed E-state index contributed by atoms with van der Waals surface area (Å²) in [4.78, 5) is 28.2. The molecule has 0 aliphatic heterocycles. The van der Waals surface area contributed by atoms with Crippen LogP contribution in [0.1, 0.15) is 129 Å². The summed E-state index contributed by atoms with van der Waals surface area (Å²) in [5, 5.41) is 3.04. The van der Waals surface area contributed by atoms with Gasteiger partial charge in [-0.25, -0.2) is 4.98 Å². The second-order valence-electron chi connectivity index (χ2n) is 9.66. The molecule has 1 N–H and O–H groups in total. The van der Waals surface area contributed by atoms with Crippen molar-refractivity contribution in [1.82, 2.24) is 14.9 Å². The average molecular weight is 478 g/mol. The minimum atomic E-state index is -0.237. The number of aromatic nitrogens is 2. The number of imidazole rings is 1. The third-order valence-corrected chi connectivity index (χ3v) is 6.26. The molecule has 0 aliphatic rings. The van der Waals surface area contributed by atoms with E-state index in [9.17, 15) is 9.59 Å². The molecule has 34 heavy (non-hydrogen) atoms. The number of carbonyl (C=O) groups excluding carboxylic acids is 2. The number of hydrogen-bond donors (Lipinski definition) is 1. The van der Waals surface area contributed by atoms with Crippen molar-refractivity contribution in [2.75, 3.05) is 6.61 Å². The van der Waals surface area contributed by atoms with Gasteiger partial charge in [-0.2, -0.15) is 0 Å². The zero-order valence-corrected chi connectivity index (χ0v) is 22.1. The lowest BCUT2D eigenvalue weighted by molar-refractivity contribution is -0.145. The Morgan fingerprint density at radius 2 is 1.35 bits per heavy atom. The van der Waals surface area contributed by atoms with Gasteiger partial charge in [0.15, 0.2) is 0 Å². The van der Waals surface area contributed by atoms with Gasteiger partial charge in [-0.1, -0.05) is 104 Å². The van der Waals surface area contributed by atoms with Crippen LogP contribution >= 0.6 is 0 Å². The Labute approximate surface area is 208 Å². The van der Waals surface area contributed by atoms with E-state index in [0.717, 1.165) is 19.3 Å². The number of rotatable bonds is 23. The lowest BCUT2D eigenvalue weighted by atomic mass is 10.0. The van der Waals surface area contributed by atoms with Crippen LogP contribution in [0.3, 0.4) is 0 Å². The van der Waals surface area contributed by atoms with E-state index < -0.39 is 0 Å². The quantitative estimate of drug-likeness (QED) is 0.136. The standard InChI is InChI=1S/C28H51N3O3/c1-3-5-6-7-8-9-10-11-12-13-14-15-16-17-18-20-27(32)30-26(23-31-22-21-29-25-31)24-34-28(33)19-4-2/h21-22,25-26H,3-20,23-24H2,1-2H3,(H,30,32)/t26-/m1/s1. The van der Waals surface area contributed by atoms with Crippen molar-refractivity contribution < 1.29 is 14.3 Å². The van der Waals surface area contributed by atoms with Gasteiger partial charge < -0.3 is 14.6 Å². The van der Waals surface area contributed by atoms with Gasteiger partial charge in [-0.3, -0.25) is 9.59 Å². The van der Waals surface area contributed by atoms with Crippen LogP contribution in [0.2, 0.25) is 0 Å². The fraction of sp³-hybridized carbons (Fsp3) is 0.821. The Bertz CT molecular complexity index is 604. The van der Waals surface area contributed by atoms with Crippen molar-refractivity contribution in [3.63, 3.8) is 0 Å². The van der Waals surface area contributed by atoms with Gasteiger partial charge in [0.05, 0.1) is 12.4 Å². The average Bonchev–Trinajstić information content (AvgIpc) is 3.33. The number of esters is 1. The second-order valence-corrected chi connectivity index (χ2v) is 9.66. The zero-order chi connectivity index (χ0) is 24.7. The molecule has 0 saturated heterocycles. The highest BCUT2D eigenvalue weighted by Crippen LogP contribution is 2.13. The summed E-state index contributed by atoms with van der Waals surface area (Å²) < 4.78 is 7.23. The molecule has 1 amide bonds. The molecule has 0 fully saturated rings. The molecule has 0 aromatic carbocycles. The van der Waals surface area contributed by atoms with Crippen LogP contribution in [-0.4, -0.2) is 34.1 Å². The highest BCUT2D eigenvalue weighted by molar-refractivity contribution is 5.76. The minimum Gasteiger partial charge on any atom is -0.463 e. The SMILES string of the molecule is CCCCCCCCCCCCCCCCCC(=O)N[C@@H](COC(=O)CCC)Cn1ccnc1. The Morgan fingerprint density at radius 3 is 1.85 bits per heavy atom. The van der Waals surface area contributed by atoms with Gasteiger partial charge in [0, 0.05) is 31.8 Å². The lowest BCUT2D eigenvalue weighted by Crippen LogP contribution is -2.41. The predicted molar refractivity (Wildman–Crippen MR) is 140 cm³/mol. The van der Waals surface area contributed by atoms with Gasteiger partial charge in [-0.15, -0.1) is 0 Å². The Hall–Kier alpha value is -1.85. The summed E-state index contributed by atoms with van der Waals surface area (Å²) in [5.74, 6) is -0.180. The summed E-state index contributed by atoms with van der Waals surface area (Å²) in [6, 6.07) is -0.237. The summed E-state index contributed by atoms with van der Waals surface area (Å²) in [7, 11) is 0. The highest BCUT2D eigenvalue weighted by atomic mass is 16.5. The molecule has 0 saturated carbocycles. The molecule has 0 spiro atoms. The van der Waals surface area contributed by atoms with Crippen LogP contribution in [-0.2, 0) is 20.9 Å². The highest BCUT2D eigenvalue weighted by Gasteiger charge is 2.15. The predicted octanol–water partition coefficient (Wildman–Crippen LogP) is 6.97. The van der Waals surface area contributed by atoms with Crippen LogP contribution in [0.5, 0.6) is 0 Å². The number of nitrogens with zero attached hydrogens (tertiary/aromatic N) is 2. The van der Waals surface area contributed by atoms with Gasteiger partial charge >= 0.3 is 5.97 Å². The summed E-state index contributed by atoms with van der Waals surface area (Å²) >= 11 is 0. The van der Waals surface area contributed by atoms with Crippen molar-refractivity contribution >= 4 is 11.9 Å². The maximum absolute atomic E-state index is 12.4.